The number of nitrogens with zero attached hydrogens (tertiary/aromatic N) is 1. The summed E-state index contributed by atoms with van der Waals surface area (Å²) < 4.78 is 0.0465. The Morgan fingerprint density at radius 3 is 2.47 bits per heavy atom. The minimum absolute atomic E-state index is 0.0465. The van der Waals surface area contributed by atoms with Crippen molar-refractivity contribution in [2.24, 2.45) is 0 Å². The minimum atomic E-state index is 0.0465. The molecule has 1 nitrogen and oxygen atoms in total. The molecule has 0 spiro atoms. The number of hydrogen-bond acceptors (Lipinski definition) is 1. The summed E-state index contributed by atoms with van der Waals surface area (Å²) in [5, 5.41) is 8.99. The molecule has 0 aromatic heterocycles. The van der Waals surface area contributed by atoms with Gasteiger partial charge < -0.3 is 0 Å². The van der Waals surface area contributed by atoms with Crippen LogP contribution in [0.5, 0.6) is 0 Å². The molecule has 0 aliphatic heterocycles. The van der Waals surface area contributed by atoms with Crippen LogP contribution in [0.3, 0.4) is 0 Å². The Hall–Kier alpha value is -1.11. The van der Waals surface area contributed by atoms with Gasteiger partial charge >= 0.3 is 0 Å². The predicted octanol–water partition coefficient (Wildman–Crippen LogP) is 4.80. The molecule has 3 heteroatoms. The van der Waals surface area contributed by atoms with Gasteiger partial charge in [0.05, 0.1) is 15.4 Å². The Morgan fingerprint density at radius 1 is 1.24 bits per heavy atom. The molecule has 0 fully saturated rings. The smallest absolute Gasteiger partial charge is 0.0998 e. The number of hydrogen-bond donors (Lipinski definition) is 0. The zero-order valence-electron chi connectivity index (χ0n) is 9.16. The summed E-state index contributed by atoms with van der Waals surface area (Å²) in [7, 11) is 0. The second kappa shape index (κ2) is 6.58. The van der Waals surface area contributed by atoms with Crippen LogP contribution in [0, 0.1) is 11.3 Å². The van der Waals surface area contributed by atoms with E-state index in [1.54, 1.807) is 6.07 Å². The lowest BCUT2D eigenvalue weighted by Crippen LogP contribution is -1.88. The van der Waals surface area contributed by atoms with Gasteiger partial charge in [-0.1, -0.05) is 75.4 Å². The van der Waals surface area contributed by atoms with Gasteiger partial charge in [0, 0.05) is 0 Å². The maximum Gasteiger partial charge on any atom is 0.0998 e. The summed E-state index contributed by atoms with van der Waals surface area (Å²) in [6, 6.07) is 9.54. The topological polar surface area (TPSA) is 23.8 Å². The standard InChI is InChI=1S/C14H11Br2N/c1-10(7-8-11(2)14(15)16)13-6-4-3-5-12(13)9-17/h3-8,14H,1-2H2/b8-7-. The fraction of sp³-hybridized carbons (Fsp3) is 0.0714. The monoisotopic (exact) mass is 351 g/mol. The zero-order valence-corrected chi connectivity index (χ0v) is 12.3. The van der Waals surface area contributed by atoms with Gasteiger partial charge in [-0.2, -0.15) is 5.26 Å². The summed E-state index contributed by atoms with van der Waals surface area (Å²) >= 11 is 6.72. The predicted molar refractivity (Wildman–Crippen MR) is 80.1 cm³/mol. The summed E-state index contributed by atoms with van der Waals surface area (Å²) in [6.45, 7) is 7.83. The van der Waals surface area contributed by atoms with Crippen LogP contribution in [0.25, 0.3) is 5.57 Å². The van der Waals surface area contributed by atoms with Crippen molar-refractivity contribution < 1.29 is 0 Å². The van der Waals surface area contributed by atoms with Gasteiger partial charge in [0.1, 0.15) is 0 Å². The van der Waals surface area contributed by atoms with E-state index in [4.69, 9.17) is 5.26 Å². The van der Waals surface area contributed by atoms with Gasteiger partial charge in [-0.15, -0.1) is 0 Å². The van der Waals surface area contributed by atoms with Crippen LogP contribution in [0.15, 0.2) is 55.1 Å². The number of rotatable bonds is 4. The molecule has 86 valence electrons. The number of benzene rings is 1. The van der Waals surface area contributed by atoms with Gasteiger partial charge in [0.25, 0.3) is 0 Å². The molecular weight excluding hydrogens is 342 g/mol. The van der Waals surface area contributed by atoms with Gasteiger partial charge in [-0.05, 0) is 22.8 Å². The molecule has 0 heterocycles. The molecule has 0 radical (unpaired) electrons. The molecule has 1 aromatic carbocycles. The first-order chi connectivity index (χ1) is 8.06. The number of halogens is 2. The van der Waals surface area contributed by atoms with Gasteiger partial charge in [-0.3, -0.25) is 0 Å². The van der Waals surface area contributed by atoms with Crippen LogP contribution in [-0.4, -0.2) is 3.74 Å². The highest BCUT2D eigenvalue weighted by Gasteiger charge is 2.03. The van der Waals surface area contributed by atoms with Crippen molar-refractivity contribution in [1.82, 2.24) is 0 Å². The normalized spacial score (nSPS) is 10.5. The fourth-order valence-corrected chi connectivity index (χ4v) is 1.54. The minimum Gasteiger partial charge on any atom is -0.192 e. The van der Waals surface area contributed by atoms with E-state index in [1.165, 1.54) is 0 Å². The Morgan fingerprint density at radius 2 is 1.88 bits per heavy atom. The van der Waals surface area contributed by atoms with Crippen molar-refractivity contribution in [1.29, 1.82) is 5.26 Å². The highest BCUT2D eigenvalue weighted by Crippen LogP contribution is 2.22. The lowest BCUT2D eigenvalue weighted by atomic mass is 10.0. The summed E-state index contributed by atoms with van der Waals surface area (Å²) in [5.74, 6) is 0. The van der Waals surface area contributed by atoms with E-state index < -0.39 is 0 Å². The van der Waals surface area contributed by atoms with Crippen molar-refractivity contribution in [3.05, 3.63) is 66.3 Å². The van der Waals surface area contributed by atoms with E-state index in [2.05, 4.69) is 51.1 Å². The fourth-order valence-electron chi connectivity index (χ4n) is 1.23. The average molecular weight is 353 g/mol. The lowest BCUT2D eigenvalue weighted by molar-refractivity contribution is 1.46. The molecule has 17 heavy (non-hydrogen) atoms. The van der Waals surface area contributed by atoms with E-state index in [0.717, 1.165) is 16.7 Å². The Labute approximate surface area is 118 Å². The zero-order chi connectivity index (χ0) is 12.8. The SMILES string of the molecule is C=C(/C=C\C(=C)C(Br)Br)c1ccccc1C#N. The first-order valence-corrected chi connectivity index (χ1v) is 6.73. The Balaban J connectivity index is 2.92. The molecule has 0 atom stereocenters. The maximum atomic E-state index is 8.99. The molecule has 0 saturated heterocycles. The molecule has 0 N–H and O–H groups in total. The van der Waals surface area contributed by atoms with E-state index in [0.29, 0.717) is 5.56 Å². The third-order valence-electron chi connectivity index (χ3n) is 2.17. The third-order valence-corrected chi connectivity index (χ3v) is 3.35. The molecule has 0 amide bonds. The molecule has 0 saturated carbocycles. The number of allylic oxidation sites excluding steroid dienone is 4. The van der Waals surface area contributed by atoms with Crippen molar-refractivity contribution in [3.63, 3.8) is 0 Å². The van der Waals surface area contributed by atoms with Crippen LogP contribution >= 0.6 is 31.9 Å². The van der Waals surface area contributed by atoms with Crippen LogP contribution in [0.4, 0.5) is 0 Å². The van der Waals surface area contributed by atoms with Crippen LogP contribution < -0.4 is 0 Å². The second-order valence-electron chi connectivity index (χ2n) is 3.39. The van der Waals surface area contributed by atoms with E-state index in [9.17, 15) is 0 Å². The Bertz CT molecular complexity index is 507. The third kappa shape index (κ3) is 3.99. The highest BCUT2D eigenvalue weighted by molar-refractivity contribution is 9.24. The number of nitriles is 1. The van der Waals surface area contributed by atoms with Crippen LogP contribution in [-0.2, 0) is 0 Å². The van der Waals surface area contributed by atoms with Crippen LogP contribution in [0.1, 0.15) is 11.1 Å². The molecule has 0 unspecified atom stereocenters. The van der Waals surface area contributed by atoms with Crippen molar-refractivity contribution in [3.8, 4) is 6.07 Å². The molecule has 1 aromatic rings. The van der Waals surface area contributed by atoms with Gasteiger partial charge in [0.2, 0.25) is 0 Å². The summed E-state index contributed by atoms with van der Waals surface area (Å²) in [5.41, 5.74) is 3.16. The first kappa shape index (κ1) is 14.0. The second-order valence-corrected chi connectivity index (χ2v) is 6.45. The molecule has 0 aliphatic carbocycles. The maximum absolute atomic E-state index is 8.99. The van der Waals surface area contributed by atoms with E-state index in [1.807, 2.05) is 30.4 Å². The van der Waals surface area contributed by atoms with Crippen molar-refractivity contribution in [2.75, 3.05) is 0 Å². The Kier molecular flexibility index (Phi) is 5.40. The molecule has 0 bridgehead atoms. The van der Waals surface area contributed by atoms with Gasteiger partial charge in [0.15, 0.2) is 0 Å². The van der Waals surface area contributed by atoms with Crippen molar-refractivity contribution >= 4 is 37.4 Å². The average Bonchev–Trinajstić information content (AvgIpc) is 2.35. The summed E-state index contributed by atoms with van der Waals surface area (Å²) in [6.07, 6.45) is 3.72. The van der Waals surface area contributed by atoms with E-state index >= 15 is 0 Å². The quantitative estimate of drug-likeness (QED) is 0.564. The lowest BCUT2D eigenvalue weighted by Gasteiger charge is -2.04. The van der Waals surface area contributed by atoms with Gasteiger partial charge in [-0.25, -0.2) is 0 Å². The first-order valence-electron chi connectivity index (χ1n) is 4.89. The highest BCUT2D eigenvalue weighted by atomic mass is 79.9. The van der Waals surface area contributed by atoms with Crippen molar-refractivity contribution in [2.45, 2.75) is 3.74 Å². The van der Waals surface area contributed by atoms with E-state index in [-0.39, 0.29) is 3.74 Å². The largest absolute Gasteiger partial charge is 0.192 e. The molecule has 1 rings (SSSR count). The molecule has 0 aliphatic rings. The van der Waals surface area contributed by atoms with Crippen LogP contribution in [0.2, 0.25) is 0 Å². The molecular formula is C14H11Br2N. The summed E-state index contributed by atoms with van der Waals surface area (Å²) in [4.78, 5) is 0. The number of alkyl halides is 2.